The van der Waals surface area contributed by atoms with E-state index in [2.05, 4.69) is 15.3 Å². The van der Waals surface area contributed by atoms with Crippen molar-refractivity contribution in [2.24, 2.45) is 0 Å². The molecule has 0 aliphatic carbocycles. The monoisotopic (exact) mass is 468 g/mol. The first-order chi connectivity index (χ1) is 15.4. The maximum Gasteiger partial charge on any atom is 0.283 e. The lowest BCUT2D eigenvalue weighted by Crippen LogP contribution is -2.23. The van der Waals surface area contributed by atoms with Crippen molar-refractivity contribution in [2.45, 2.75) is 19.0 Å². The number of ether oxygens (including phenoxy) is 1. The number of hydrogen-bond donors (Lipinski definition) is 2. The Balaban J connectivity index is 1.62. The van der Waals surface area contributed by atoms with Crippen molar-refractivity contribution >= 4 is 46.0 Å². The Morgan fingerprint density at radius 3 is 2.62 bits per heavy atom. The number of carbonyl (C=O) groups is 1. The molecule has 2 aromatic carbocycles. The molecule has 0 atom stereocenters. The summed E-state index contributed by atoms with van der Waals surface area (Å²) in [7, 11) is 1.53. The van der Waals surface area contributed by atoms with Gasteiger partial charge in [0.2, 0.25) is 5.91 Å². The molecule has 0 spiro atoms. The fraction of sp³-hybridized carbons (Fsp3) is 0.174. The van der Waals surface area contributed by atoms with Gasteiger partial charge in [-0.3, -0.25) is 14.2 Å². The van der Waals surface area contributed by atoms with Gasteiger partial charge in [-0.15, -0.1) is 0 Å². The summed E-state index contributed by atoms with van der Waals surface area (Å²) in [5.41, 5.74) is 3.96. The minimum absolute atomic E-state index is 0.0663. The molecule has 9 heteroatoms. The summed E-state index contributed by atoms with van der Waals surface area (Å²) in [6.45, 7) is 3.85. The quantitative estimate of drug-likeness (QED) is 0.315. The lowest BCUT2D eigenvalue weighted by atomic mass is 10.2. The van der Waals surface area contributed by atoms with E-state index < -0.39 is 0 Å². The van der Waals surface area contributed by atoms with Gasteiger partial charge in [0, 0.05) is 11.4 Å². The first-order valence-corrected chi connectivity index (χ1v) is 11.2. The van der Waals surface area contributed by atoms with Crippen molar-refractivity contribution < 1.29 is 9.53 Å². The lowest BCUT2D eigenvalue weighted by molar-refractivity contribution is -0.113. The number of H-pyrrole nitrogens is 1. The van der Waals surface area contributed by atoms with Crippen molar-refractivity contribution in [1.29, 1.82) is 0 Å². The van der Waals surface area contributed by atoms with Gasteiger partial charge in [0.1, 0.15) is 11.3 Å². The molecule has 32 heavy (non-hydrogen) atoms. The molecule has 2 N–H and O–H groups in total. The number of nitrogens with zero attached hydrogens (tertiary/aromatic N) is 2. The van der Waals surface area contributed by atoms with Gasteiger partial charge in [-0.1, -0.05) is 41.1 Å². The van der Waals surface area contributed by atoms with Crippen LogP contribution in [0.15, 0.2) is 58.5 Å². The standard InChI is InChI=1S/C23H21ClN4O3S/c1-13-4-7-16(8-5-13)28-22(30)21-18(10-14(2)25-21)27-23(28)32-12-20(29)26-15-6-9-19(31-3)17(24)11-15/h4-11,25H,12H2,1-3H3,(H,26,29). The topological polar surface area (TPSA) is 89.0 Å². The number of benzene rings is 2. The Labute approximate surface area is 193 Å². The number of hydrogen-bond acceptors (Lipinski definition) is 5. The van der Waals surface area contributed by atoms with Crippen LogP contribution in [0.25, 0.3) is 16.7 Å². The average molecular weight is 469 g/mol. The van der Waals surface area contributed by atoms with Crippen molar-refractivity contribution in [3.63, 3.8) is 0 Å². The van der Waals surface area contributed by atoms with Crippen LogP contribution in [0.1, 0.15) is 11.3 Å². The van der Waals surface area contributed by atoms with Crippen LogP contribution in [-0.2, 0) is 4.79 Å². The van der Waals surface area contributed by atoms with Gasteiger partial charge in [0.05, 0.1) is 29.1 Å². The molecule has 0 saturated carbocycles. The van der Waals surface area contributed by atoms with Crippen LogP contribution in [0.5, 0.6) is 5.75 Å². The molecular formula is C23H21ClN4O3S. The maximum absolute atomic E-state index is 13.2. The van der Waals surface area contributed by atoms with E-state index >= 15 is 0 Å². The number of amides is 1. The van der Waals surface area contributed by atoms with Gasteiger partial charge in [0.15, 0.2) is 5.16 Å². The molecule has 4 aromatic rings. The fourth-order valence-electron chi connectivity index (χ4n) is 3.27. The molecule has 0 saturated heterocycles. The van der Waals surface area contributed by atoms with Crippen LogP contribution in [0, 0.1) is 13.8 Å². The molecule has 7 nitrogen and oxygen atoms in total. The van der Waals surface area contributed by atoms with Crippen molar-refractivity contribution in [2.75, 3.05) is 18.2 Å². The highest BCUT2D eigenvalue weighted by atomic mass is 35.5. The second kappa shape index (κ2) is 9.10. The Kier molecular flexibility index (Phi) is 6.25. The molecule has 4 rings (SSSR count). The molecule has 2 aromatic heterocycles. The minimum atomic E-state index is -0.244. The number of carbonyl (C=O) groups excluding carboxylic acids is 1. The molecule has 0 bridgehead atoms. The smallest absolute Gasteiger partial charge is 0.283 e. The number of methoxy groups -OCH3 is 1. The van der Waals surface area contributed by atoms with Crippen LogP contribution in [0.2, 0.25) is 5.02 Å². The van der Waals surface area contributed by atoms with E-state index in [1.165, 1.54) is 23.4 Å². The normalized spacial score (nSPS) is 11.0. The molecule has 0 radical (unpaired) electrons. The van der Waals surface area contributed by atoms with E-state index in [1.54, 1.807) is 18.2 Å². The van der Waals surface area contributed by atoms with Crippen LogP contribution in [0.3, 0.4) is 0 Å². The average Bonchev–Trinajstić information content (AvgIpc) is 3.14. The van der Waals surface area contributed by atoms with Gasteiger partial charge in [-0.05, 0) is 50.2 Å². The highest BCUT2D eigenvalue weighted by molar-refractivity contribution is 7.99. The SMILES string of the molecule is COc1ccc(NC(=O)CSc2nc3cc(C)[nH]c3c(=O)n2-c2ccc(C)cc2)cc1Cl. The van der Waals surface area contributed by atoms with Crippen molar-refractivity contribution in [3.05, 3.63) is 75.2 Å². The van der Waals surface area contributed by atoms with Crippen LogP contribution < -0.4 is 15.6 Å². The second-order valence-electron chi connectivity index (χ2n) is 7.27. The molecule has 1 amide bonds. The van der Waals surface area contributed by atoms with Gasteiger partial charge in [-0.2, -0.15) is 0 Å². The van der Waals surface area contributed by atoms with Crippen LogP contribution >= 0.6 is 23.4 Å². The predicted octanol–water partition coefficient (Wildman–Crippen LogP) is 4.72. The number of aromatic amines is 1. The first kappa shape index (κ1) is 22.0. The summed E-state index contributed by atoms with van der Waals surface area (Å²) in [6, 6.07) is 14.4. The summed E-state index contributed by atoms with van der Waals surface area (Å²) in [5, 5.41) is 3.65. The highest BCUT2D eigenvalue weighted by Gasteiger charge is 2.16. The summed E-state index contributed by atoms with van der Waals surface area (Å²) < 4.78 is 6.66. The van der Waals surface area contributed by atoms with E-state index in [1.807, 2.05) is 44.2 Å². The summed E-state index contributed by atoms with van der Waals surface area (Å²) in [6.07, 6.45) is 0. The maximum atomic E-state index is 13.2. The summed E-state index contributed by atoms with van der Waals surface area (Å²) in [5.74, 6) is 0.350. The molecule has 0 aliphatic heterocycles. The third kappa shape index (κ3) is 4.51. The van der Waals surface area contributed by atoms with Gasteiger partial charge in [0.25, 0.3) is 5.56 Å². The predicted molar refractivity (Wildman–Crippen MR) is 129 cm³/mol. The van der Waals surface area contributed by atoms with Crippen molar-refractivity contribution in [1.82, 2.24) is 14.5 Å². The number of nitrogens with one attached hydrogen (secondary N) is 2. The Morgan fingerprint density at radius 2 is 1.94 bits per heavy atom. The largest absolute Gasteiger partial charge is 0.495 e. The third-order valence-corrected chi connectivity index (χ3v) is 6.05. The third-order valence-electron chi connectivity index (χ3n) is 4.82. The summed E-state index contributed by atoms with van der Waals surface area (Å²) >= 11 is 7.32. The number of thioether (sulfide) groups is 1. The fourth-order valence-corrected chi connectivity index (χ4v) is 4.34. The second-order valence-corrected chi connectivity index (χ2v) is 8.62. The number of aryl methyl sites for hydroxylation is 2. The van der Waals surface area contributed by atoms with Crippen molar-refractivity contribution in [3.8, 4) is 11.4 Å². The minimum Gasteiger partial charge on any atom is -0.495 e. The number of anilines is 1. The van der Waals surface area contributed by atoms with E-state index in [4.69, 9.17) is 16.3 Å². The molecule has 0 fully saturated rings. The molecule has 164 valence electrons. The van der Waals surface area contributed by atoms with E-state index in [-0.39, 0.29) is 17.2 Å². The lowest BCUT2D eigenvalue weighted by Gasteiger charge is -2.12. The molecule has 0 unspecified atom stereocenters. The Hall–Kier alpha value is -3.23. The highest BCUT2D eigenvalue weighted by Crippen LogP contribution is 2.28. The molecule has 2 heterocycles. The zero-order chi connectivity index (χ0) is 22.8. The number of fused-ring (bicyclic) bond motifs is 1. The number of rotatable bonds is 6. The molecular weight excluding hydrogens is 448 g/mol. The van der Waals surface area contributed by atoms with Gasteiger partial charge >= 0.3 is 0 Å². The first-order valence-electron chi connectivity index (χ1n) is 9.81. The summed E-state index contributed by atoms with van der Waals surface area (Å²) in [4.78, 5) is 33.5. The number of aromatic nitrogens is 3. The van der Waals surface area contributed by atoms with Gasteiger partial charge in [-0.25, -0.2) is 4.98 Å². The van der Waals surface area contributed by atoms with E-state index in [0.29, 0.717) is 38.3 Å². The van der Waals surface area contributed by atoms with Crippen LogP contribution in [-0.4, -0.2) is 33.3 Å². The Bertz CT molecular complexity index is 1360. The zero-order valence-corrected chi connectivity index (χ0v) is 19.3. The van der Waals surface area contributed by atoms with E-state index in [9.17, 15) is 9.59 Å². The van der Waals surface area contributed by atoms with Gasteiger partial charge < -0.3 is 15.0 Å². The zero-order valence-electron chi connectivity index (χ0n) is 17.7. The van der Waals surface area contributed by atoms with E-state index in [0.717, 1.165) is 11.3 Å². The number of halogens is 1. The molecule has 0 aliphatic rings. The van der Waals surface area contributed by atoms with Crippen LogP contribution in [0.4, 0.5) is 5.69 Å². The Morgan fingerprint density at radius 1 is 1.19 bits per heavy atom.